The molecule has 0 spiro atoms. The number of rotatable bonds is 4. The normalized spacial score (nSPS) is 11.3. The van der Waals surface area contributed by atoms with Crippen LogP contribution in [0.25, 0.3) is 22.4 Å². The van der Waals surface area contributed by atoms with Crippen LogP contribution in [0.1, 0.15) is 25.3 Å². The Morgan fingerprint density at radius 2 is 1.88 bits per heavy atom. The molecular weight excluding hydrogens is 318 g/mol. The zero-order valence-electron chi connectivity index (χ0n) is 13.5. The minimum Gasteiger partial charge on any atom is -0.423 e. The van der Waals surface area contributed by atoms with Crippen LogP contribution >= 0.6 is 11.3 Å². The fraction of sp³-hybridized carbons (Fsp3) is 0.158. The summed E-state index contributed by atoms with van der Waals surface area (Å²) >= 11 is 1.53. The van der Waals surface area contributed by atoms with Crippen LogP contribution in [0.5, 0.6) is 0 Å². The van der Waals surface area contributed by atoms with Crippen molar-refractivity contribution in [3.8, 4) is 11.3 Å². The van der Waals surface area contributed by atoms with Gasteiger partial charge in [-0.3, -0.25) is 5.32 Å². The first-order valence-corrected chi connectivity index (χ1v) is 8.75. The van der Waals surface area contributed by atoms with Crippen molar-refractivity contribution in [2.45, 2.75) is 19.8 Å². The zero-order chi connectivity index (χ0) is 16.5. The van der Waals surface area contributed by atoms with Crippen molar-refractivity contribution in [2.75, 3.05) is 5.32 Å². The highest BCUT2D eigenvalue weighted by Crippen LogP contribution is 2.29. The number of thiazole rings is 1. The monoisotopic (exact) mass is 335 g/mol. The molecule has 24 heavy (non-hydrogen) atoms. The Labute approximate surface area is 144 Å². The number of oxazole rings is 1. The van der Waals surface area contributed by atoms with E-state index >= 15 is 0 Å². The van der Waals surface area contributed by atoms with Gasteiger partial charge in [0.05, 0.1) is 5.69 Å². The summed E-state index contributed by atoms with van der Waals surface area (Å²) in [4.78, 5) is 9.12. The molecule has 0 atom stereocenters. The van der Waals surface area contributed by atoms with Crippen LogP contribution in [0.15, 0.2) is 58.3 Å². The van der Waals surface area contributed by atoms with Crippen LogP contribution in [-0.4, -0.2) is 9.97 Å². The lowest BCUT2D eigenvalue weighted by Crippen LogP contribution is -1.89. The molecule has 0 unspecified atom stereocenters. The van der Waals surface area contributed by atoms with E-state index in [-0.39, 0.29) is 0 Å². The SMILES string of the molecule is CC(C)c1ccc2oc(Nc3nc(-c4ccccc4)cs3)nc2c1. The summed E-state index contributed by atoms with van der Waals surface area (Å²) in [6.07, 6.45) is 0. The van der Waals surface area contributed by atoms with Gasteiger partial charge in [0.25, 0.3) is 0 Å². The predicted molar refractivity (Wildman–Crippen MR) is 98.9 cm³/mol. The Bertz CT molecular complexity index is 973. The van der Waals surface area contributed by atoms with E-state index in [4.69, 9.17) is 4.42 Å². The Hall–Kier alpha value is -2.66. The van der Waals surface area contributed by atoms with Gasteiger partial charge in [-0.25, -0.2) is 4.98 Å². The topological polar surface area (TPSA) is 51.0 Å². The molecule has 0 radical (unpaired) electrons. The van der Waals surface area contributed by atoms with Gasteiger partial charge in [0.15, 0.2) is 10.7 Å². The Morgan fingerprint density at radius 3 is 2.67 bits per heavy atom. The van der Waals surface area contributed by atoms with Crippen LogP contribution < -0.4 is 5.32 Å². The van der Waals surface area contributed by atoms with Gasteiger partial charge in [0.1, 0.15) is 5.52 Å². The summed E-state index contributed by atoms with van der Waals surface area (Å²) in [6, 6.07) is 16.7. The van der Waals surface area contributed by atoms with E-state index in [0.29, 0.717) is 11.9 Å². The third kappa shape index (κ3) is 2.90. The molecule has 0 bridgehead atoms. The number of aromatic nitrogens is 2. The molecule has 2 aromatic carbocycles. The average molecular weight is 335 g/mol. The smallest absolute Gasteiger partial charge is 0.302 e. The summed E-state index contributed by atoms with van der Waals surface area (Å²) in [5.41, 5.74) is 4.94. The molecule has 0 saturated heterocycles. The third-order valence-electron chi connectivity index (χ3n) is 3.87. The summed E-state index contributed by atoms with van der Waals surface area (Å²) < 4.78 is 5.77. The second-order valence-electron chi connectivity index (χ2n) is 5.93. The van der Waals surface area contributed by atoms with E-state index in [0.717, 1.165) is 27.5 Å². The lowest BCUT2D eigenvalue weighted by molar-refractivity contribution is 0.623. The Kier molecular flexibility index (Phi) is 3.78. The van der Waals surface area contributed by atoms with Crippen molar-refractivity contribution < 1.29 is 4.42 Å². The number of fused-ring (bicyclic) bond motifs is 1. The van der Waals surface area contributed by atoms with E-state index in [2.05, 4.69) is 41.3 Å². The summed E-state index contributed by atoms with van der Waals surface area (Å²) in [7, 11) is 0. The maximum Gasteiger partial charge on any atom is 0.302 e. The van der Waals surface area contributed by atoms with E-state index in [1.165, 1.54) is 16.9 Å². The molecule has 0 fully saturated rings. The van der Waals surface area contributed by atoms with Crippen molar-refractivity contribution in [1.29, 1.82) is 0 Å². The second-order valence-corrected chi connectivity index (χ2v) is 6.79. The Morgan fingerprint density at radius 1 is 1.04 bits per heavy atom. The maximum absolute atomic E-state index is 5.77. The molecule has 2 heterocycles. The molecule has 4 aromatic rings. The highest BCUT2D eigenvalue weighted by molar-refractivity contribution is 7.14. The number of hydrogen-bond acceptors (Lipinski definition) is 5. The van der Waals surface area contributed by atoms with Crippen LogP contribution in [0.3, 0.4) is 0 Å². The van der Waals surface area contributed by atoms with E-state index < -0.39 is 0 Å². The molecule has 0 saturated carbocycles. The summed E-state index contributed by atoms with van der Waals surface area (Å²) in [5.74, 6) is 0.468. The fourth-order valence-corrected chi connectivity index (χ4v) is 3.23. The van der Waals surface area contributed by atoms with Gasteiger partial charge in [-0.05, 0) is 23.6 Å². The average Bonchev–Trinajstić information content (AvgIpc) is 3.21. The molecule has 120 valence electrons. The van der Waals surface area contributed by atoms with Gasteiger partial charge in [-0.2, -0.15) is 4.98 Å². The van der Waals surface area contributed by atoms with Crippen molar-refractivity contribution in [3.63, 3.8) is 0 Å². The molecule has 5 heteroatoms. The number of nitrogens with zero attached hydrogens (tertiary/aromatic N) is 2. The molecular formula is C19H17N3OS. The molecule has 2 aromatic heterocycles. The molecule has 4 nitrogen and oxygen atoms in total. The minimum atomic E-state index is 0.468. The third-order valence-corrected chi connectivity index (χ3v) is 4.62. The van der Waals surface area contributed by atoms with Gasteiger partial charge in [-0.15, -0.1) is 11.3 Å². The number of hydrogen-bond donors (Lipinski definition) is 1. The first-order chi connectivity index (χ1) is 11.7. The Balaban J connectivity index is 1.59. The van der Waals surface area contributed by atoms with Crippen LogP contribution in [0, 0.1) is 0 Å². The molecule has 1 N–H and O–H groups in total. The van der Waals surface area contributed by atoms with Crippen molar-refractivity contribution in [3.05, 3.63) is 59.5 Å². The number of nitrogens with one attached hydrogen (secondary N) is 1. The van der Waals surface area contributed by atoms with Gasteiger partial charge in [0, 0.05) is 10.9 Å². The van der Waals surface area contributed by atoms with E-state index in [1.807, 2.05) is 41.8 Å². The van der Waals surface area contributed by atoms with Gasteiger partial charge < -0.3 is 4.42 Å². The van der Waals surface area contributed by atoms with Crippen molar-refractivity contribution in [2.24, 2.45) is 0 Å². The molecule has 0 aliphatic carbocycles. The fourth-order valence-electron chi connectivity index (χ4n) is 2.52. The standard InChI is InChI=1S/C19H17N3OS/c1-12(2)14-8-9-17-15(10-14)20-18(23-17)22-19-21-16(11-24-19)13-6-4-3-5-7-13/h3-12H,1-2H3,(H,20,21,22). The first-order valence-electron chi connectivity index (χ1n) is 7.87. The highest BCUT2D eigenvalue weighted by Gasteiger charge is 2.10. The lowest BCUT2D eigenvalue weighted by atomic mass is 10.0. The molecule has 0 aliphatic rings. The molecule has 0 amide bonds. The predicted octanol–water partition coefficient (Wildman–Crippen LogP) is 5.82. The highest BCUT2D eigenvalue weighted by atomic mass is 32.1. The van der Waals surface area contributed by atoms with Crippen molar-refractivity contribution in [1.82, 2.24) is 9.97 Å². The summed E-state index contributed by atoms with van der Waals surface area (Å²) in [6.45, 7) is 4.34. The zero-order valence-corrected chi connectivity index (χ0v) is 14.3. The number of benzene rings is 2. The quantitative estimate of drug-likeness (QED) is 0.510. The van der Waals surface area contributed by atoms with Gasteiger partial charge in [0.2, 0.25) is 0 Å². The minimum absolute atomic E-state index is 0.468. The lowest BCUT2D eigenvalue weighted by Gasteiger charge is -2.02. The number of anilines is 2. The second kappa shape index (κ2) is 6.09. The van der Waals surface area contributed by atoms with Crippen LogP contribution in [0.4, 0.5) is 11.1 Å². The van der Waals surface area contributed by atoms with E-state index in [1.54, 1.807) is 0 Å². The largest absolute Gasteiger partial charge is 0.423 e. The van der Waals surface area contributed by atoms with Crippen molar-refractivity contribution >= 4 is 33.6 Å². The van der Waals surface area contributed by atoms with Crippen LogP contribution in [0.2, 0.25) is 0 Å². The first kappa shape index (κ1) is 14.9. The van der Waals surface area contributed by atoms with E-state index in [9.17, 15) is 0 Å². The maximum atomic E-state index is 5.77. The van der Waals surface area contributed by atoms with Gasteiger partial charge >= 0.3 is 6.01 Å². The molecule has 0 aliphatic heterocycles. The van der Waals surface area contributed by atoms with Gasteiger partial charge in [-0.1, -0.05) is 50.2 Å². The summed E-state index contributed by atoms with van der Waals surface area (Å²) in [5, 5.41) is 5.95. The van der Waals surface area contributed by atoms with Crippen LogP contribution in [-0.2, 0) is 0 Å². The molecule has 4 rings (SSSR count).